The highest BCUT2D eigenvalue weighted by atomic mass is 32.1. The Bertz CT molecular complexity index is 220. The van der Waals surface area contributed by atoms with Gasteiger partial charge in [0.05, 0.1) is 0 Å². The predicted octanol–water partition coefficient (Wildman–Crippen LogP) is 1.86. The molecule has 0 atom stereocenters. The highest BCUT2D eigenvalue weighted by Crippen LogP contribution is 2.17. The van der Waals surface area contributed by atoms with E-state index < -0.39 is 6.09 Å². The van der Waals surface area contributed by atoms with Crippen molar-refractivity contribution in [2.24, 2.45) is 0 Å². The monoisotopic (exact) mass is 171 g/mol. The highest BCUT2D eigenvalue weighted by Gasteiger charge is 2.01. The summed E-state index contributed by atoms with van der Waals surface area (Å²) < 4.78 is 4.86. The van der Waals surface area contributed by atoms with Gasteiger partial charge in [-0.25, -0.2) is 4.79 Å². The number of carbonyl (C=O) groups excluding carboxylic acids is 1. The van der Waals surface area contributed by atoms with Gasteiger partial charge in [0.2, 0.25) is 0 Å². The lowest BCUT2D eigenvalue weighted by Gasteiger charge is -1.99. The van der Waals surface area contributed by atoms with Gasteiger partial charge in [-0.1, -0.05) is 0 Å². The summed E-state index contributed by atoms with van der Waals surface area (Å²) >= 11 is 1.39. The van der Waals surface area contributed by atoms with Crippen molar-refractivity contribution in [3.63, 3.8) is 0 Å². The average Bonchev–Trinajstić information content (AvgIpc) is 2.40. The average molecular weight is 171 g/mol. The molecule has 4 heteroatoms. The number of hydrogen-bond acceptors (Lipinski definition) is 3. The van der Waals surface area contributed by atoms with Crippen LogP contribution >= 0.6 is 11.3 Å². The van der Waals surface area contributed by atoms with Gasteiger partial charge in [-0.3, -0.25) is 0 Å². The summed E-state index contributed by atoms with van der Waals surface area (Å²) in [6, 6.07) is 3.58. The third-order valence-corrected chi connectivity index (χ3v) is 1.75. The van der Waals surface area contributed by atoms with E-state index in [-0.39, 0.29) is 0 Å². The Labute approximate surface area is 69.0 Å². The first kappa shape index (κ1) is 8.07. The standard InChI is InChI=1S/C7H9NO2S/c1-2-8-7(9)10-6-4-3-5-11-6/h3-5H,2H2,1H3,(H,8,9). The van der Waals surface area contributed by atoms with E-state index in [9.17, 15) is 4.79 Å². The van der Waals surface area contributed by atoms with Gasteiger partial charge in [0.25, 0.3) is 0 Å². The van der Waals surface area contributed by atoms with Crippen LogP contribution in [0, 0.1) is 0 Å². The van der Waals surface area contributed by atoms with Crippen LogP contribution in [0.25, 0.3) is 0 Å². The number of ether oxygens (including phenoxy) is 1. The van der Waals surface area contributed by atoms with Crippen LogP contribution in [0.4, 0.5) is 4.79 Å². The molecule has 0 aliphatic rings. The predicted molar refractivity (Wildman–Crippen MR) is 44.0 cm³/mol. The Morgan fingerprint density at radius 1 is 1.82 bits per heavy atom. The fraction of sp³-hybridized carbons (Fsp3) is 0.286. The van der Waals surface area contributed by atoms with E-state index in [0.29, 0.717) is 11.6 Å². The molecule has 1 rings (SSSR count). The fourth-order valence-corrected chi connectivity index (χ4v) is 1.17. The second kappa shape index (κ2) is 3.98. The van der Waals surface area contributed by atoms with Gasteiger partial charge < -0.3 is 10.1 Å². The maximum Gasteiger partial charge on any atom is 0.413 e. The number of rotatable bonds is 2. The molecule has 0 spiro atoms. The quantitative estimate of drug-likeness (QED) is 0.737. The molecule has 0 radical (unpaired) electrons. The molecular weight excluding hydrogens is 162 g/mol. The van der Waals surface area contributed by atoms with E-state index >= 15 is 0 Å². The highest BCUT2D eigenvalue weighted by molar-refractivity contribution is 7.11. The second-order valence-electron chi connectivity index (χ2n) is 1.85. The van der Waals surface area contributed by atoms with E-state index in [2.05, 4.69) is 5.32 Å². The number of carbonyl (C=O) groups is 1. The minimum Gasteiger partial charge on any atom is -0.399 e. The van der Waals surface area contributed by atoms with Crippen molar-refractivity contribution in [2.75, 3.05) is 6.54 Å². The van der Waals surface area contributed by atoms with Crippen molar-refractivity contribution in [1.29, 1.82) is 0 Å². The zero-order valence-electron chi connectivity index (χ0n) is 6.16. The molecule has 1 aromatic rings. The Balaban J connectivity index is 2.37. The Morgan fingerprint density at radius 2 is 2.64 bits per heavy atom. The van der Waals surface area contributed by atoms with E-state index in [0.717, 1.165) is 0 Å². The lowest BCUT2D eigenvalue weighted by atomic mass is 10.6. The van der Waals surface area contributed by atoms with Gasteiger partial charge in [0.1, 0.15) is 0 Å². The maximum absolute atomic E-state index is 10.8. The summed E-state index contributed by atoms with van der Waals surface area (Å²) in [7, 11) is 0. The zero-order valence-corrected chi connectivity index (χ0v) is 6.98. The number of hydrogen-bond donors (Lipinski definition) is 1. The summed E-state index contributed by atoms with van der Waals surface area (Å²) in [6.45, 7) is 2.43. The summed E-state index contributed by atoms with van der Waals surface area (Å²) in [6.07, 6.45) is -0.394. The lowest BCUT2D eigenvalue weighted by molar-refractivity contribution is 0.202. The lowest BCUT2D eigenvalue weighted by Crippen LogP contribution is -2.25. The van der Waals surface area contributed by atoms with Gasteiger partial charge in [-0.15, -0.1) is 11.3 Å². The number of thiophene rings is 1. The Hall–Kier alpha value is -1.03. The molecule has 0 saturated heterocycles. The molecule has 0 aliphatic carbocycles. The first-order valence-electron chi connectivity index (χ1n) is 3.32. The molecule has 0 aromatic carbocycles. The Morgan fingerprint density at radius 3 is 3.18 bits per heavy atom. The molecule has 1 aromatic heterocycles. The van der Waals surface area contributed by atoms with Crippen molar-refractivity contribution in [1.82, 2.24) is 5.32 Å². The van der Waals surface area contributed by atoms with E-state index in [1.54, 1.807) is 6.07 Å². The third kappa shape index (κ3) is 2.59. The van der Waals surface area contributed by atoms with Crippen molar-refractivity contribution < 1.29 is 9.53 Å². The van der Waals surface area contributed by atoms with E-state index in [4.69, 9.17) is 4.74 Å². The second-order valence-corrected chi connectivity index (χ2v) is 2.76. The smallest absolute Gasteiger partial charge is 0.399 e. The van der Waals surface area contributed by atoms with Crippen LogP contribution in [-0.4, -0.2) is 12.6 Å². The molecular formula is C7H9NO2S. The topological polar surface area (TPSA) is 38.3 Å². The first-order chi connectivity index (χ1) is 5.33. The molecule has 0 unspecified atom stereocenters. The summed E-state index contributed by atoms with van der Waals surface area (Å²) in [5, 5.41) is 5.01. The Kier molecular flexibility index (Phi) is 2.92. The molecule has 11 heavy (non-hydrogen) atoms. The minimum absolute atomic E-state index is 0.394. The van der Waals surface area contributed by atoms with Gasteiger partial charge in [0.15, 0.2) is 5.06 Å². The molecule has 0 bridgehead atoms. The van der Waals surface area contributed by atoms with Gasteiger partial charge >= 0.3 is 6.09 Å². The summed E-state index contributed by atoms with van der Waals surface area (Å²) in [5.41, 5.74) is 0. The molecule has 3 nitrogen and oxygen atoms in total. The van der Waals surface area contributed by atoms with Crippen LogP contribution < -0.4 is 10.1 Å². The van der Waals surface area contributed by atoms with Crippen LogP contribution in [0.2, 0.25) is 0 Å². The van der Waals surface area contributed by atoms with Crippen LogP contribution in [0.15, 0.2) is 17.5 Å². The molecule has 0 saturated carbocycles. The van der Waals surface area contributed by atoms with Crippen molar-refractivity contribution in [3.05, 3.63) is 17.5 Å². The summed E-state index contributed by atoms with van der Waals surface area (Å²) in [5.74, 6) is 0. The van der Waals surface area contributed by atoms with Crippen LogP contribution in [0.3, 0.4) is 0 Å². The molecule has 60 valence electrons. The van der Waals surface area contributed by atoms with Crippen molar-refractivity contribution >= 4 is 17.4 Å². The van der Waals surface area contributed by atoms with Crippen LogP contribution in [-0.2, 0) is 0 Å². The largest absolute Gasteiger partial charge is 0.413 e. The van der Waals surface area contributed by atoms with Crippen LogP contribution in [0.5, 0.6) is 5.06 Å². The normalized spacial score (nSPS) is 9.18. The fourth-order valence-electron chi connectivity index (χ4n) is 0.593. The van der Waals surface area contributed by atoms with Gasteiger partial charge in [-0.2, -0.15) is 0 Å². The molecule has 0 fully saturated rings. The number of nitrogens with one attached hydrogen (secondary N) is 1. The minimum atomic E-state index is -0.394. The summed E-state index contributed by atoms with van der Waals surface area (Å²) in [4.78, 5) is 10.8. The number of amides is 1. The SMILES string of the molecule is CCNC(=O)Oc1cccs1. The van der Waals surface area contributed by atoms with E-state index in [1.165, 1.54) is 11.3 Å². The van der Waals surface area contributed by atoms with Crippen molar-refractivity contribution in [3.8, 4) is 5.06 Å². The third-order valence-electron chi connectivity index (χ3n) is 1.01. The van der Waals surface area contributed by atoms with Crippen LogP contribution in [0.1, 0.15) is 6.92 Å². The maximum atomic E-state index is 10.8. The van der Waals surface area contributed by atoms with Gasteiger partial charge in [0, 0.05) is 6.54 Å². The zero-order chi connectivity index (χ0) is 8.10. The van der Waals surface area contributed by atoms with Gasteiger partial charge in [-0.05, 0) is 24.4 Å². The van der Waals surface area contributed by atoms with E-state index in [1.807, 2.05) is 18.4 Å². The van der Waals surface area contributed by atoms with Crippen molar-refractivity contribution in [2.45, 2.75) is 6.92 Å². The molecule has 1 amide bonds. The molecule has 0 aliphatic heterocycles. The molecule has 1 N–H and O–H groups in total. The first-order valence-corrected chi connectivity index (χ1v) is 4.20. The molecule has 1 heterocycles.